The molecule has 0 bridgehead atoms. The molecular weight excluding hydrogens is 494 g/mol. The van der Waals surface area contributed by atoms with Gasteiger partial charge in [-0.1, -0.05) is 13.8 Å². The summed E-state index contributed by atoms with van der Waals surface area (Å²) >= 11 is 0. The lowest BCUT2D eigenvalue weighted by Gasteiger charge is -2.11. The second-order valence-corrected chi connectivity index (χ2v) is 9.19. The Balaban J connectivity index is 1.15. The van der Waals surface area contributed by atoms with Crippen molar-refractivity contribution < 1.29 is 9.53 Å². The normalized spacial score (nSPS) is 11.2. The zero-order valence-electron chi connectivity index (χ0n) is 21.2. The first-order valence-corrected chi connectivity index (χ1v) is 12.4. The van der Waals surface area contributed by atoms with Gasteiger partial charge in [-0.05, 0) is 54.4 Å². The van der Waals surface area contributed by atoms with Crippen LogP contribution >= 0.6 is 0 Å². The first-order valence-electron chi connectivity index (χ1n) is 12.4. The smallest absolute Gasteiger partial charge is 0.324 e. The zero-order chi connectivity index (χ0) is 26.8. The van der Waals surface area contributed by atoms with Gasteiger partial charge in [0.15, 0.2) is 0 Å². The van der Waals surface area contributed by atoms with Crippen LogP contribution in [-0.2, 0) is 0 Å². The highest BCUT2D eigenvalue weighted by Crippen LogP contribution is 2.27. The zero-order valence-corrected chi connectivity index (χ0v) is 21.2. The van der Waals surface area contributed by atoms with Gasteiger partial charge in [-0.3, -0.25) is 15.4 Å². The standard InChI is InChI=1S/C28H25N9O2/c1-17(2)24-13-27(37(36-24)20-5-8-23-26(11-20)31-16-30-23)35-28(38)34-19-3-6-21(7-4-19)39-22-9-10-29-25(12-22)18-14-32-33-15-18/h3-17H,1-2H3,(H,30,31)(H,32,33)(H2,34,35,38). The quantitative estimate of drug-likeness (QED) is 0.201. The van der Waals surface area contributed by atoms with Gasteiger partial charge in [0.05, 0.1) is 40.6 Å². The van der Waals surface area contributed by atoms with Crippen LogP contribution in [0.25, 0.3) is 28.0 Å². The van der Waals surface area contributed by atoms with E-state index in [0.29, 0.717) is 23.0 Å². The molecule has 0 atom stereocenters. The minimum atomic E-state index is -0.387. The number of amides is 2. The van der Waals surface area contributed by atoms with Crippen molar-refractivity contribution in [3.05, 3.63) is 91.3 Å². The maximum Gasteiger partial charge on any atom is 0.324 e. The van der Waals surface area contributed by atoms with Gasteiger partial charge in [-0.15, -0.1) is 0 Å². The molecule has 4 N–H and O–H groups in total. The molecule has 11 nitrogen and oxygen atoms in total. The number of aromatic amines is 2. The van der Waals surface area contributed by atoms with Crippen molar-refractivity contribution in [1.29, 1.82) is 0 Å². The van der Waals surface area contributed by atoms with Crippen molar-refractivity contribution in [3.8, 4) is 28.4 Å². The number of anilines is 2. The molecule has 6 aromatic rings. The second-order valence-electron chi connectivity index (χ2n) is 9.19. The number of aromatic nitrogens is 7. The molecule has 0 unspecified atom stereocenters. The number of imidazole rings is 1. The molecule has 4 heterocycles. The molecule has 0 saturated carbocycles. The minimum Gasteiger partial charge on any atom is -0.457 e. The Morgan fingerprint density at radius 3 is 2.64 bits per heavy atom. The number of urea groups is 1. The lowest BCUT2D eigenvalue weighted by Crippen LogP contribution is -2.21. The van der Waals surface area contributed by atoms with Crippen LogP contribution in [0.1, 0.15) is 25.5 Å². The van der Waals surface area contributed by atoms with Crippen LogP contribution in [0.2, 0.25) is 0 Å². The molecule has 0 saturated heterocycles. The van der Waals surface area contributed by atoms with Gasteiger partial charge in [0.1, 0.15) is 17.3 Å². The molecule has 4 aromatic heterocycles. The SMILES string of the molecule is CC(C)c1cc(NC(=O)Nc2ccc(Oc3ccnc(-c4cn[nH]c4)c3)cc2)n(-c2ccc3nc[nH]c3c2)n1. The number of hydrogen-bond acceptors (Lipinski definition) is 6. The molecule has 0 fully saturated rings. The van der Waals surface area contributed by atoms with Crippen LogP contribution in [-0.4, -0.2) is 41.0 Å². The van der Waals surface area contributed by atoms with Gasteiger partial charge < -0.3 is 15.0 Å². The summed E-state index contributed by atoms with van der Waals surface area (Å²) in [5, 5.41) is 17.2. The number of fused-ring (bicyclic) bond motifs is 1. The fourth-order valence-corrected chi connectivity index (χ4v) is 4.07. The van der Waals surface area contributed by atoms with Gasteiger partial charge in [0.2, 0.25) is 0 Å². The van der Waals surface area contributed by atoms with E-state index in [1.165, 1.54) is 0 Å². The van der Waals surface area contributed by atoms with Crippen molar-refractivity contribution in [2.45, 2.75) is 19.8 Å². The molecule has 39 heavy (non-hydrogen) atoms. The van der Waals surface area contributed by atoms with Crippen LogP contribution in [0.4, 0.5) is 16.3 Å². The molecule has 2 amide bonds. The highest BCUT2D eigenvalue weighted by molar-refractivity contribution is 5.99. The number of rotatable bonds is 7. The third-order valence-electron chi connectivity index (χ3n) is 6.08. The predicted molar refractivity (Wildman–Crippen MR) is 148 cm³/mol. The summed E-state index contributed by atoms with van der Waals surface area (Å²) in [5.74, 6) is 2.01. The van der Waals surface area contributed by atoms with E-state index in [4.69, 9.17) is 9.84 Å². The summed E-state index contributed by atoms with van der Waals surface area (Å²) in [6, 6.07) is 18.0. The van der Waals surface area contributed by atoms with E-state index in [1.807, 2.05) is 30.3 Å². The van der Waals surface area contributed by atoms with Crippen molar-refractivity contribution in [2.24, 2.45) is 0 Å². The molecule has 2 aromatic carbocycles. The van der Waals surface area contributed by atoms with Crippen LogP contribution in [0.3, 0.4) is 0 Å². The molecule has 0 aliphatic carbocycles. The third-order valence-corrected chi connectivity index (χ3v) is 6.08. The van der Waals surface area contributed by atoms with Gasteiger partial charge in [0, 0.05) is 35.8 Å². The maximum atomic E-state index is 12.9. The minimum absolute atomic E-state index is 0.189. The Kier molecular flexibility index (Phi) is 6.21. The number of ether oxygens (including phenoxy) is 1. The van der Waals surface area contributed by atoms with Crippen LogP contribution in [0, 0.1) is 0 Å². The Morgan fingerprint density at radius 1 is 0.974 bits per heavy atom. The number of hydrogen-bond donors (Lipinski definition) is 4. The van der Waals surface area contributed by atoms with E-state index in [-0.39, 0.29) is 11.9 Å². The number of nitrogens with one attached hydrogen (secondary N) is 4. The van der Waals surface area contributed by atoms with E-state index >= 15 is 0 Å². The monoisotopic (exact) mass is 519 g/mol. The molecule has 11 heteroatoms. The van der Waals surface area contributed by atoms with E-state index in [9.17, 15) is 4.79 Å². The van der Waals surface area contributed by atoms with Crippen molar-refractivity contribution in [1.82, 2.24) is 34.9 Å². The summed E-state index contributed by atoms with van der Waals surface area (Å²) < 4.78 is 7.69. The lowest BCUT2D eigenvalue weighted by molar-refractivity contribution is 0.262. The van der Waals surface area contributed by atoms with Crippen LogP contribution in [0.5, 0.6) is 11.5 Å². The predicted octanol–water partition coefficient (Wildman–Crippen LogP) is 6.09. The van der Waals surface area contributed by atoms with Crippen molar-refractivity contribution in [2.75, 3.05) is 10.6 Å². The van der Waals surface area contributed by atoms with Crippen molar-refractivity contribution in [3.63, 3.8) is 0 Å². The Morgan fingerprint density at radius 2 is 1.85 bits per heavy atom. The summed E-state index contributed by atoms with van der Waals surface area (Å²) in [6.07, 6.45) is 6.80. The Labute approximate surface area is 223 Å². The average molecular weight is 520 g/mol. The summed E-state index contributed by atoms with van der Waals surface area (Å²) in [5.41, 5.74) is 5.65. The number of carbonyl (C=O) groups is 1. The van der Waals surface area contributed by atoms with E-state index < -0.39 is 0 Å². The van der Waals surface area contributed by atoms with Gasteiger partial charge in [0.25, 0.3) is 0 Å². The highest BCUT2D eigenvalue weighted by Gasteiger charge is 2.15. The number of H-pyrrole nitrogens is 2. The Bertz CT molecular complexity index is 1730. The number of carbonyl (C=O) groups excluding carboxylic acids is 1. The second kappa shape index (κ2) is 10.1. The van der Waals surface area contributed by atoms with Crippen LogP contribution in [0.15, 0.2) is 85.6 Å². The average Bonchev–Trinajstić information content (AvgIpc) is 3.71. The first-order chi connectivity index (χ1) is 19.0. The molecule has 0 aliphatic heterocycles. The van der Waals surface area contributed by atoms with E-state index in [0.717, 1.165) is 33.7 Å². The first kappa shape index (κ1) is 23.9. The fraction of sp³-hybridized carbons (Fsp3) is 0.107. The number of nitrogens with zero attached hydrogens (tertiary/aromatic N) is 5. The van der Waals surface area contributed by atoms with E-state index in [1.54, 1.807) is 59.9 Å². The lowest BCUT2D eigenvalue weighted by atomic mass is 10.1. The summed E-state index contributed by atoms with van der Waals surface area (Å²) in [7, 11) is 0. The number of pyridine rings is 1. The molecule has 0 spiro atoms. The summed E-state index contributed by atoms with van der Waals surface area (Å²) in [6.45, 7) is 4.12. The van der Waals surface area contributed by atoms with Crippen molar-refractivity contribution >= 4 is 28.6 Å². The molecule has 0 aliphatic rings. The highest BCUT2D eigenvalue weighted by atomic mass is 16.5. The molecule has 6 rings (SSSR count). The summed E-state index contributed by atoms with van der Waals surface area (Å²) in [4.78, 5) is 24.6. The Hall–Kier alpha value is -5.45. The van der Waals surface area contributed by atoms with Gasteiger partial charge in [-0.2, -0.15) is 10.2 Å². The third kappa shape index (κ3) is 5.18. The fourth-order valence-electron chi connectivity index (χ4n) is 4.07. The topological polar surface area (TPSA) is 138 Å². The molecule has 194 valence electrons. The largest absolute Gasteiger partial charge is 0.457 e. The number of benzene rings is 2. The molecule has 0 radical (unpaired) electrons. The molecular formula is C28H25N9O2. The van der Waals surface area contributed by atoms with Gasteiger partial charge in [-0.25, -0.2) is 14.5 Å². The van der Waals surface area contributed by atoms with Crippen LogP contribution < -0.4 is 15.4 Å². The van der Waals surface area contributed by atoms with E-state index in [2.05, 4.69) is 49.6 Å². The van der Waals surface area contributed by atoms with Gasteiger partial charge >= 0.3 is 6.03 Å². The maximum absolute atomic E-state index is 12.9.